The number of phenols is 1. The average molecular weight is 313 g/mol. The smallest absolute Gasteiger partial charge is 0.507 e. The summed E-state index contributed by atoms with van der Waals surface area (Å²) in [5, 5.41) is 9.42. The van der Waals surface area contributed by atoms with Crippen molar-refractivity contribution < 1.29 is 27.8 Å². The van der Waals surface area contributed by atoms with Crippen molar-refractivity contribution >= 4 is 21.7 Å². The third-order valence-electron chi connectivity index (χ3n) is 1.84. The number of phenolic OH excluding ortho intramolecular Hbond substituents is 1. The fourth-order valence-corrected chi connectivity index (χ4v) is 1.40. The van der Waals surface area contributed by atoms with Crippen molar-refractivity contribution in [3.05, 3.63) is 23.8 Å². The molecule has 0 spiro atoms. The van der Waals surface area contributed by atoms with Crippen LogP contribution in [0.15, 0.2) is 18.2 Å². The Hall–Kier alpha value is -1.24. The second-order valence-corrected chi connectivity index (χ2v) is 4.55. The number of ketones is 1. The zero-order valence-electron chi connectivity index (χ0n) is 8.58. The van der Waals surface area contributed by atoms with Gasteiger partial charge in [-0.05, 0) is 19.1 Å². The van der Waals surface area contributed by atoms with Crippen LogP contribution in [0.3, 0.4) is 0 Å². The fraction of sp³-hybridized carbons (Fsp3) is 0.300. The summed E-state index contributed by atoms with van der Waals surface area (Å²) in [6.45, 7) is 1.44. The van der Waals surface area contributed by atoms with E-state index >= 15 is 0 Å². The standard InChI is InChI=1S/C10H8BrF3O3/c1-5(11)9(16)8-6(15)3-2-4-7(8)17-10(12,13)14/h2-5,15H,1H3. The highest BCUT2D eigenvalue weighted by Gasteiger charge is 2.34. The number of carbonyl (C=O) groups is 1. The summed E-state index contributed by atoms with van der Waals surface area (Å²) in [5.41, 5.74) is -0.491. The third-order valence-corrected chi connectivity index (χ3v) is 2.25. The van der Waals surface area contributed by atoms with Crippen molar-refractivity contribution in [1.82, 2.24) is 0 Å². The first kappa shape index (κ1) is 13.8. The van der Waals surface area contributed by atoms with Gasteiger partial charge in [0.1, 0.15) is 17.1 Å². The summed E-state index contributed by atoms with van der Waals surface area (Å²) < 4.78 is 40.0. The lowest BCUT2D eigenvalue weighted by molar-refractivity contribution is -0.274. The van der Waals surface area contributed by atoms with E-state index in [2.05, 4.69) is 20.7 Å². The molecular weight excluding hydrogens is 305 g/mol. The van der Waals surface area contributed by atoms with Crippen LogP contribution in [0.1, 0.15) is 17.3 Å². The van der Waals surface area contributed by atoms with Crippen LogP contribution in [0.25, 0.3) is 0 Å². The number of halogens is 4. The number of ether oxygens (including phenoxy) is 1. The molecule has 1 aromatic rings. The molecule has 0 heterocycles. The van der Waals surface area contributed by atoms with E-state index in [1.54, 1.807) is 0 Å². The molecule has 0 aliphatic heterocycles. The minimum Gasteiger partial charge on any atom is -0.507 e. The SMILES string of the molecule is CC(Br)C(=O)c1c(O)cccc1OC(F)(F)F. The van der Waals surface area contributed by atoms with Gasteiger partial charge in [-0.1, -0.05) is 22.0 Å². The number of carbonyl (C=O) groups excluding carboxylic acids is 1. The number of rotatable bonds is 3. The molecule has 0 aliphatic rings. The molecule has 0 amide bonds. The molecular formula is C10H8BrF3O3. The summed E-state index contributed by atoms with van der Waals surface area (Å²) in [6.07, 6.45) is -4.92. The number of hydrogen-bond acceptors (Lipinski definition) is 3. The van der Waals surface area contributed by atoms with Gasteiger partial charge in [-0.3, -0.25) is 4.79 Å². The van der Waals surface area contributed by atoms with Crippen molar-refractivity contribution in [2.24, 2.45) is 0 Å². The summed E-state index contributed by atoms with van der Waals surface area (Å²) >= 11 is 2.93. The molecule has 1 atom stereocenters. The number of aromatic hydroxyl groups is 1. The largest absolute Gasteiger partial charge is 0.573 e. The van der Waals surface area contributed by atoms with Gasteiger partial charge in [0.2, 0.25) is 0 Å². The molecule has 17 heavy (non-hydrogen) atoms. The average Bonchev–Trinajstić information content (AvgIpc) is 2.14. The zero-order chi connectivity index (χ0) is 13.2. The second kappa shape index (κ2) is 4.95. The van der Waals surface area contributed by atoms with Crippen molar-refractivity contribution in [2.75, 3.05) is 0 Å². The minimum atomic E-state index is -4.92. The minimum absolute atomic E-state index is 0.491. The van der Waals surface area contributed by atoms with Gasteiger partial charge in [0.15, 0.2) is 5.78 Å². The van der Waals surface area contributed by atoms with E-state index in [4.69, 9.17) is 0 Å². The molecule has 0 radical (unpaired) electrons. The second-order valence-electron chi connectivity index (χ2n) is 3.18. The predicted octanol–water partition coefficient (Wildman–Crippen LogP) is 3.26. The van der Waals surface area contributed by atoms with Crippen molar-refractivity contribution in [3.8, 4) is 11.5 Å². The van der Waals surface area contributed by atoms with Crippen LogP contribution in [0.2, 0.25) is 0 Å². The summed E-state index contributed by atoms with van der Waals surface area (Å²) in [6, 6.07) is 3.24. The van der Waals surface area contributed by atoms with E-state index in [-0.39, 0.29) is 0 Å². The van der Waals surface area contributed by atoms with Gasteiger partial charge in [-0.2, -0.15) is 0 Å². The monoisotopic (exact) mass is 312 g/mol. The molecule has 1 aromatic carbocycles. The van der Waals surface area contributed by atoms with E-state index < -0.39 is 34.0 Å². The van der Waals surface area contributed by atoms with E-state index in [1.165, 1.54) is 6.92 Å². The first-order valence-electron chi connectivity index (χ1n) is 4.48. The lowest BCUT2D eigenvalue weighted by Gasteiger charge is -2.14. The van der Waals surface area contributed by atoms with Crippen LogP contribution in [0, 0.1) is 0 Å². The maximum absolute atomic E-state index is 12.1. The molecule has 0 aromatic heterocycles. The molecule has 7 heteroatoms. The van der Waals surface area contributed by atoms with Crippen LogP contribution >= 0.6 is 15.9 Å². The number of alkyl halides is 4. The van der Waals surface area contributed by atoms with Crippen LogP contribution in [0.4, 0.5) is 13.2 Å². The Morgan fingerprint density at radius 1 is 1.47 bits per heavy atom. The van der Waals surface area contributed by atoms with Crippen molar-refractivity contribution in [2.45, 2.75) is 18.1 Å². The molecule has 0 saturated carbocycles. The molecule has 0 bridgehead atoms. The van der Waals surface area contributed by atoms with Gasteiger partial charge in [-0.15, -0.1) is 13.2 Å². The number of benzene rings is 1. The van der Waals surface area contributed by atoms with E-state index in [0.717, 1.165) is 18.2 Å². The fourth-order valence-electron chi connectivity index (χ4n) is 1.18. The first-order valence-corrected chi connectivity index (χ1v) is 5.40. The topological polar surface area (TPSA) is 46.5 Å². The molecule has 3 nitrogen and oxygen atoms in total. The Bertz CT molecular complexity index is 429. The van der Waals surface area contributed by atoms with Crippen LogP contribution in [-0.4, -0.2) is 22.1 Å². The van der Waals surface area contributed by atoms with E-state index in [9.17, 15) is 23.1 Å². The van der Waals surface area contributed by atoms with Crippen molar-refractivity contribution in [1.29, 1.82) is 0 Å². The first-order chi connectivity index (χ1) is 7.72. The zero-order valence-corrected chi connectivity index (χ0v) is 10.2. The molecule has 1 unspecified atom stereocenters. The molecule has 1 rings (SSSR count). The molecule has 0 aliphatic carbocycles. The summed E-state index contributed by atoms with van der Waals surface area (Å²) in [4.78, 5) is 10.9. The van der Waals surface area contributed by atoms with Gasteiger partial charge in [0.25, 0.3) is 0 Å². The van der Waals surface area contributed by atoms with Crippen LogP contribution in [0.5, 0.6) is 11.5 Å². The Kier molecular flexibility index (Phi) is 4.03. The normalized spacial score (nSPS) is 13.2. The predicted molar refractivity (Wildman–Crippen MR) is 57.5 cm³/mol. The van der Waals surface area contributed by atoms with Gasteiger partial charge in [0.05, 0.1) is 4.83 Å². The van der Waals surface area contributed by atoms with Crippen LogP contribution < -0.4 is 4.74 Å². The number of Topliss-reactive ketones (excluding diaryl/α,β-unsaturated/α-hetero) is 1. The Balaban J connectivity index is 3.22. The van der Waals surface area contributed by atoms with Gasteiger partial charge < -0.3 is 9.84 Å². The summed E-state index contributed by atoms with van der Waals surface area (Å²) in [7, 11) is 0. The molecule has 0 saturated heterocycles. The highest BCUT2D eigenvalue weighted by atomic mass is 79.9. The molecule has 1 N–H and O–H groups in total. The van der Waals surface area contributed by atoms with Crippen molar-refractivity contribution in [3.63, 3.8) is 0 Å². The highest BCUT2D eigenvalue weighted by molar-refractivity contribution is 9.10. The molecule has 0 fully saturated rings. The maximum atomic E-state index is 12.1. The third kappa shape index (κ3) is 3.62. The van der Waals surface area contributed by atoms with E-state index in [0.29, 0.717) is 0 Å². The van der Waals surface area contributed by atoms with Gasteiger partial charge in [-0.25, -0.2) is 0 Å². The van der Waals surface area contributed by atoms with Gasteiger partial charge in [0, 0.05) is 0 Å². The van der Waals surface area contributed by atoms with Crippen LogP contribution in [-0.2, 0) is 0 Å². The summed E-state index contributed by atoms with van der Waals surface area (Å²) in [5.74, 6) is -1.96. The van der Waals surface area contributed by atoms with Gasteiger partial charge >= 0.3 is 6.36 Å². The maximum Gasteiger partial charge on any atom is 0.573 e. The lowest BCUT2D eigenvalue weighted by atomic mass is 10.1. The van der Waals surface area contributed by atoms with E-state index in [1.807, 2.05) is 0 Å². The Morgan fingerprint density at radius 2 is 2.06 bits per heavy atom. The Labute approximate surface area is 103 Å². The lowest BCUT2D eigenvalue weighted by Crippen LogP contribution is -2.20. The quantitative estimate of drug-likeness (QED) is 0.688. The number of hydrogen-bond donors (Lipinski definition) is 1. The Morgan fingerprint density at radius 3 is 2.53 bits per heavy atom. The molecule has 94 valence electrons. The highest BCUT2D eigenvalue weighted by Crippen LogP contribution is 2.33.